The van der Waals surface area contributed by atoms with Gasteiger partial charge in [0.1, 0.15) is 0 Å². The fourth-order valence-corrected chi connectivity index (χ4v) is 15.9. The third-order valence-corrected chi connectivity index (χ3v) is 28.6. The molecule has 5 nitrogen and oxygen atoms in total. The Morgan fingerprint density at radius 3 is 1.70 bits per heavy atom. The fraction of sp³-hybridized carbons (Fsp3) is 0.805. The second-order valence-electron chi connectivity index (χ2n) is 19.8. The minimum Gasteiger partial charge on any atom is -0.543 e. The summed E-state index contributed by atoms with van der Waals surface area (Å²) in [5, 5.41) is 1.52. The molecule has 0 N–H and O–H groups in total. The van der Waals surface area contributed by atoms with Crippen LogP contribution in [0.15, 0.2) is 42.2 Å². The van der Waals surface area contributed by atoms with Crippen LogP contribution in [0.25, 0.3) is 0 Å². The molecule has 0 amide bonds. The summed E-state index contributed by atoms with van der Waals surface area (Å²) < 4.78 is 36.4. The summed E-state index contributed by atoms with van der Waals surface area (Å²) >= 11 is 0. The number of hydrogen-bond acceptors (Lipinski definition) is 5. The Bertz CT molecular complexity index is 1220. The summed E-state index contributed by atoms with van der Waals surface area (Å²) in [5.74, 6) is 1.60. The summed E-state index contributed by atoms with van der Waals surface area (Å²) in [7, 11) is -9.01. The minimum absolute atomic E-state index is 0.0183. The van der Waals surface area contributed by atoms with Crippen LogP contribution in [0.1, 0.15) is 104 Å². The largest absolute Gasteiger partial charge is 0.543 e. The Kier molecular flexibility index (Phi) is 15.4. The summed E-state index contributed by atoms with van der Waals surface area (Å²) in [6.07, 6.45) is 2.13. The maximum atomic E-state index is 7.55. The first-order valence-corrected chi connectivity index (χ1v) is 30.3. The van der Waals surface area contributed by atoms with Gasteiger partial charge in [0.25, 0.3) is 8.32 Å². The van der Waals surface area contributed by atoms with Crippen molar-refractivity contribution in [2.24, 2.45) is 23.7 Å². The molecule has 1 heterocycles. The molecule has 1 aliphatic heterocycles. The van der Waals surface area contributed by atoms with E-state index in [1.54, 1.807) is 0 Å². The normalized spacial score (nSPS) is 23.9. The number of rotatable bonds is 15. The van der Waals surface area contributed by atoms with E-state index in [-0.39, 0.29) is 52.1 Å². The fourth-order valence-electron chi connectivity index (χ4n) is 7.08. The molecule has 0 spiro atoms. The van der Waals surface area contributed by atoms with Crippen molar-refractivity contribution in [2.75, 3.05) is 6.61 Å². The lowest BCUT2D eigenvalue weighted by Gasteiger charge is -2.55. The van der Waals surface area contributed by atoms with Gasteiger partial charge in [-0.25, -0.2) is 0 Å². The van der Waals surface area contributed by atoms with Gasteiger partial charge < -0.3 is 22.1 Å². The molecular weight excluding hydrogens is 685 g/mol. The molecule has 0 saturated carbocycles. The van der Waals surface area contributed by atoms with E-state index in [2.05, 4.69) is 180 Å². The standard InChI is InChI=1S/C41H80O5Si4/c1-22-36(43-47(16,17)35-26-24-23-25-27-35)32(7)38(44-49(20,21)41(13,14)15)34(9)39-33(8)37(45-50(46-39,29(2)3)30(4)5)31(6)28-42-48(18,19)40(10,11)12/h22-27,29-34,37-39H,28H2,1-21H3/b36-22-/t31-,32+,33-,34+,37+,38-,39+/m0/s1. The molecular formula is C41H80O5Si4. The molecule has 9 heteroatoms. The maximum Gasteiger partial charge on any atom is 0.343 e. The van der Waals surface area contributed by atoms with Crippen LogP contribution in [-0.4, -0.2) is 58.4 Å². The molecule has 2 rings (SSSR count). The van der Waals surface area contributed by atoms with E-state index in [1.165, 1.54) is 5.19 Å². The molecule has 1 fully saturated rings. The second-order valence-corrected chi connectivity index (χ2v) is 37.4. The van der Waals surface area contributed by atoms with E-state index in [0.717, 1.165) is 5.76 Å². The third-order valence-electron chi connectivity index (χ3n) is 12.7. The van der Waals surface area contributed by atoms with Gasteiger partial charge in [0, 0.05) is 30.3 Å². The lowest BCUT2D eigenvalue weighted by atomic mass is 9.79. The van der Waals surface area contributed by atoms with Crippen LogP contribution in [0.3, 0.4) is 0 Å². The zero-order valence-electron chi connectivity index (χ0n) is 36.4. The lowest BCUT2D eigenvalue weighted by molar-refractivity contribution is -0.117. The first-order valence-electron chi connectivity index (χ1n) is 19.6. The summed E-state index contributed by atoms with van der Waals surface area (Å²) in [6.45, 7) is 49.6. The monoisotopic (exact) mass is 765 g/mol. The van der Waals surface area contributed by atoms with Gasteiger partial charge in [-0.05, 0) is 72.6 Å². The van der Waals surface area contributed by atoms with Crippen molar-refractivity contribution < 1.29 is 22.1 Å². The number of hydrogen-bond donors (Lipinski definition) is 0. The highest BCUT2D eigenvalue weighted by Crippen LogP contribution is 2.48. The molecule has 0 aliphatic carbocycles. The molecule has 7 atom stereocenters. The van der Waals surface area contributed by atoms with E-state index in [9.17, 15) is 0 Å². The third kappa shape index (κ3) is 10.4. The van der Waals surface area contributed by atoms with Gasteiger partial charge in [-0.2, -0.15) is 0 Å². The van der Waals surface area contributed by atoms with Crippen molar-refractivity contribution in [3.63, 3.8) is 0 Å². The predicted octanol–water partition coefficient (Wildman–Crippen LogP) is 12.0. The van der Waals surface area contributed by atoms with Gasteiger partial charge in [0.2, 0.25) is 0 Å². The van der Waals surface area contributed by atoms with Gasteiger partial charge in [-0.1, -0.05) is 133 Å². The Balaban J connectivity index is 2.65. The van der Waals surface area contributed by atoms with Crippen molar-refractivity contribution in [2.45, 2.75) is 183 Å². The molecule has 50 heavy (non-hydrogen) atoms. The van der Waals surface area contributed by atoms with Gasteiger partial charge >= 0.3 is 8.56 Å². The summed E-state index contributed by atoms with van der Waals surface area (Å²) in [4.78, 5) is 0. The zero-order chi connectivity index (χ0) is 38.8. The first-order chi connectivity index (χ1) is 22.6. The Morgan fingerprint density at radius 1 is 0.780 bits per heavy atom. The number of benzene rings is 1. The van der Waals surface area contributed by atoms with E-state index in [1.807, 2.05) is 0 Å². The smallest absolute Gasteiger partial charge is 0.343 e. The van der Waals surface area contributed by atoms with Crippen molar-refractivity contribution in [1.82, 2.24) is 0 Å². The number of allylic oxidation sites excluding steroid dienone is 1. The van der Waals surface area contributed by atoms with E-state index < -0.39 is 33.5 Å². The van der Waals surface area contributed by atoms with Crippen LogP contribution < -0.4 is 5.19 Å². The SMILES string of the molecule is C/C=C(\O[Si](C)(C)c1ccccc1)[C@@H](C)[C@H](O[Si](C)(C)C(C)(C)C)[C@@H](C)[C@@H]1O[Si](C(C)C)(C(C)C)O[C@H]([C@@H](C)CO[Si](C)(C)C(C)(C)C)[C@@H]1C. The van der Waals surface area contributed by atoms with E-state index in [0.29, 0.717) is 17.7 Å². The van der Waals surface area contributed by atoms with Gasteiger partial charge in [0.15, 0.2) is 16.6 Å². The average Bonchev–Trinajstić information content (AvgIpc) is 3.00. The topological polar surface area (TPSA) is 46.2 Å². The predicted molar refractivity (Wildman–Crippen MR) is 226 cm³/mol. The first kappa shape index (κ1) is 45.6. The Hall–Kier alpha value is -0.532. The van der Waals surface area contributed by atoms with Crippen LogP contribution in [0.4, 0.5) is 0 Å². The van der Waals surface area contributed by atoms with Crippen LogP contribution >= 0.6 is 0 Å². The van der Waals surface area contributed by atoms with Gasteiger partial charge in [-0.3, -0.25) is 0 Å². The second kappa shape index (κ2) is 16.9. The Morgan fingerprint density at radius 2 is 1.26 bits per heavy atom. The zero-order valence-corrected chi connectivity index (χ0v) is 40.4. The van der Waals surface area contributed by atoms with Crippen molar-refractivity contribution >= 4 is 38.7 Å². The quantitative estimate of drug-likeness (QED) is 0.131. The van der Waals surface area contributed by atoms with Gasteiger partial charge in [-0.15, -0.1) is 0 Å². The molecule has 1 aromatic carbocycles. The molecule has 0 aromatic heterocycles. The van der Waals surface area contributed by atoms with Gasteiger partial charge in [0.05, 0.1) is 24.1 Å². The molecule has 0 unspecified atom stereocenters. The van der Waals surface area contributed by atoms with Crippen LogP contribution in [-0.2, 0) is 22.1 Å². The Labute approximate surface area is 314 Å². The van der Waals surface area contributed by atoms with E-state index >= 15 is 0 Å². The highest BCUT2D eigenvalue weighted by molar-refractivity contribution is 6.84. The van der Waals surface area contributed by atoms with Crippen molar-refractivity contribution in [3.05, 3.63) is 42.2 Å². The molecule has 0 radical (unpaired) electrons. The highest BCUT2D eigenvalue weighted by Gasteiger charge is 2.57. The van der Waals surface area contributed by atoms with Crippen molar-refractivity contribution in [1.29, 1.82) is 0 Å². The highest BCUT2D eigenvalue weighted by atomic mass is 28.4. The molecule has 290 valence electrons. The lowest BCUT2D eigenvalue weighted by Crippen LogP contribution is -2.64. The molecule has 1 aromatic rings. The molecule has 1 aliphatic rings. The van der Waals surface area contributed by atoms with Crippen molar-refractivity contribution in [3.8, 4) is 0 Å². The molecule has 1 saturated heterocycles. The maximum absolute atomic E-state index is 7.55. The minimum atomic E-state index is -2.66. The summed E-state index contributed by atoms with van der Waals surface area (Å²) in [5.41, 5.74) is 0.620. The average molecular weight is 765 g/mol. The molecule has 0 bridgehead atoms. The van der Waals surface area contributed by atoms with Crippen LogP contribution in [0, 0.1) is 23.7 Å². The summed E-state index contributed by atoms with van der Waals surface area (Å²) in [6, 6.07) is 10.8. The van der Waals surface area contributed by atoms with E-state index in [4.69, 9.17) is 22.1 Å². The van der Waals surface area contributed by atoms with Crippen LogP contribution in [0.5, 0.6) is 0 Å². The van der Waals surface area contributed by atoms with Crippen LogP contribution in [0.2, 0.25) is 60.4 Å².